The molecule has 4 rings (SSSR count). The number of fused-ring (bicyclic) bond motifs is 2. The fraction of sp³-hybridized carbons (Fsp3) is 0.476. The summed E-state index contributed by atoms with van der Waals surface area (Å²) >= 11 is 0. The van der Waals surface area contributed by atoms with Crippen molar-refractivity contribution in [2.45, 2.75) is 38.8 Å². The van der Waals surface area contributed by atoms with Gasteiger partial charge < -0.3 is 15.3 Å². The summed E-state index contributed by atoms with van der Waals surface area (Å²) in [6.45, 7) is 2.17. The van der Waals surface area contributed by atoms with Crippen molar-refractivity contribution in [2.24, 2.45) is 23.7 Å². The fourth-order valence-corrected chi connectivity index (χ4v) is 4.52. The third-order valence-electron chi connectivity index (χ3n) is 6.01. The lowest BCUT2D eigenvalue weighted by Gasteiger charge is -2.24. The molecule has 4 unspecified atom stereocenters. The van der Waals surface area contributed by atoms with Crippen LogP contribution in [-0.4, -0.2) is 33.8 Å². The van der Waals surface area contributed by atoms with Crippen LogP contribution in [0.2, 0.25) is 0 Å². The Kier molecular flexibility index (Phi) is 4.50. The number of nitrogens with one attached hydrogen (secondary N) is 1. The molecule has 2 bridgehead atoms. The Bertz CT molecular complexity index is 797. The number of aliphatic carboxylic acids is 1. The summed E-state index contributed by atoms with van der Waals surface area (Å²) in [5.74, 6) is -2.22. The van der Waals surface area contributed by atoms with E-state index in [-0.39, 0.29) is 23.7 Å². The molecule has 6 nitrogen and oxygen atoms in total. The molecule has 0 heterocycles. The molecule has 0 saturated heterocycles. The molecular formula is C21H24N2O4. The molecule has 0 spiro atoms. The van der Waals surface area contributed by atoms with Crippen LogP contribution in [0.25, 0.3) is 0 Å². The monoisotopic (exact) mass is 368 g/mol. The highest BCUT2D eigenvalue weighted by Crippen LogP contribution is 2.48. The van der Waals surface area contributed by atoms with Crippen LogP contribution in [0.15, 0.2) is 36.4 Å². The lowest BCUT2D eigenvalue weighted by molar-refractivity contribution is -0.146. The molecular weight excluding hydrogens is 344 g/mol. The number of carbonyl (C=O) groups excluding carboxylic acids is 2. The largest absolute Gasteiger partial charge is 0.481 e. The number of rotatable bonds is 6. The minimum Gasteiger partial charge on any atom is -0.481 e. The molecule has 3 aliphatic rings. The highest BCUT2D eigenvalue weighted by Gasteiger charge is 2.51. The van der Waals surface area contributed by atoms with Crippen LogP contribution in [-0.2, 0) is 20.9 Å². The van der Waals surface area contributed by atoms with E-state index in [4.69, 9.17) is 0 Å². The molecule has 2 fully saturated rings. The van der Waals surface area contributed by atoms with Crippen LogP contribution in [0.1, 0.15) is 31.7 Å². The second kappa shape index (κ2) is 6.83. The van der Waals surface area contributed by atoms with Crippen molar-refractivity contribution in [1.29, 1.82) is 0 Å². The van der Waals surface area contributed by atoms with Gasteiger partial charge >= 0.3 is 5.97 Å². The fourth-order valence-electron chi connectivity index (χ4n) is 4.52. The van der Waals surface area contributed by atoms with Gasteiger partial charge in [0.1, 0.15) is 0 Å². The molecule has 4 atom stereocenters. The van der Waals surface area contributed by atoms with E-state index >= 15 is 0 Å². The smallest absolute Gasteiger partial charge is 0.307 e. The molecule has 1 aromatic carbocycles. The van der Waals surface area contributed by atoms with Gasteiger partial charge in [-0.25, -0.2) is 0 Å². The van der Waals surface area contributed by atoms with Crippen LogP contribution >= 0.6 is 0 Å². The lowest BCUT2D eigenvalue weighted by atomic mass is 9.82. The van der Waals surface area contributed by atoms with Gasteiger partial charge in [0, 0.05) is 25.2 Å². The zero-order valence-corrected chi connectivity index (χ0v) is 15.3. The van der Waals surface area contributed by atoms with E-state index in [0.29, 0.717) is 18.3 Å². The summed E-state index contributed by atoms with van der Waals surface area (Å²) in [6, 6.07) is 7.81. The molecule has 2 N–H and O–H groups in total. The highest BCUT2D eigenvalue weighted by molar-refractivity contribution is 5.96. The quantitative estimate of drug-likeness (QED) is 0.756. The Labute approximate surface area is 158 Å². The van der Waals surface area contributed by atoms with Crippen molar-refractivity contribution in [1.82, 2.24) is 4.90 Å². The second-order valence-electron chi connectivity index (χ2n) is 7.90. The molecule has 142 valence electrons. The van der Waals surface area contributed by atoms with Crippen LogP contribution in [0, 0.1) is 23.7 Å². The maximum atomic E-state index is 12.7. The van der Waals surface area contributed by atoms with Crippen LogP contribution in [0.3, 0.4) is 0 Å². The minimum absolute atomic E-state index is 0.0121. The zero-order valence-electron chi connectivity index (χ0n) is 15.3. The third kappa shape index (κ3) is 3.48. The second-order valence-corrected chi connectivity index (χ2v) is 7.90. The number of carboxylic acids is 1. The summed E-state index contributed by atoms with van der Waals surface area (Å²) in [5, 5.41) is 12.4. The van der Waals surface area contributed by atoms with E-state index in [1.165, 1.54) is 0 Å². The molecule has 0 radical (unpaired) electrons. The van der Waals surface area contributed by atoms with Gasteiger partial charge in [-0.05, 0) is 48.8 Å². The predicted molar refractivity (Wildman–Crippen MR) is 99.7 cm³/mol. The number of hydrogen-bond donors (Lipinski definition) is 2. The molecule has 2 amide bonds. The van der Waals surface area contributed by atoms with Crippen LogP contribution in [0.5, 0.6) is 0 Å². The summed E-state index contributed by atoms with van der Waals surface area (Å²) in [6.07, 6.45) is 6.79. The van der Waals surface area contributed by atoms with Gasteiger partial charge in [0.15, 0.2) is 0 Å². The number of amides is 2. The maximum Gasteiger partial charge on any atom is 0.307 e. The van der Waals surface area contributed by atoms with Crippen LogP contribution in [0.4, 0.5) is 5.69 Å². The Morgan fingerprint density at radius 1 is 1.07 bits per heavy atom. The van der Waals surface area contributed by atoms with Crippen molar-refractivity contribution < 1.29 is 19.5 Å². The van der Waals surface area contributed by atoms with Gasteiger partial charge in [0.25, 0.3) is 0 Å². The van der Waals surface area contributed by atoms with E-state index in [1.807, 2.05) is 41.3 Å². The van der Waals surface area contributed by atoms with Crippen molar-refractivity contribution in [3.63, 3.8) is 0 Å². The van der Waals surface area contributed by atoms with E-state index in [2.05, 4.69) is 5.32 Å². The number of carbonyl (C=O) groups is 3. The van der Waals surface area contributed by atoms with Crippen molar-refractivity contribution >= 4 is 23.5 Å². The Morgan fingerprint density at radius 3 is 2.26 bits per heavy atom. The number of allylic oxidation sites excluding steroid dienone is 2. The van der Waals surface area contributed by atoms with E-state index in [1.54, 1.807) is 6.92 Å². The van der Waals surface area contributed by atoms with Gasteiger partial charge in [-0.2, -0.15) is 0 Å². The number of hydrogen-bond acceptors (Lipinski definition) is 3. The van der Waals surface area contributed by atoms with Gasteiger partial charge in [0.2, 0.25) is 11.8 Å². The third-order valence-corrected chi connectivity index (χ3v) is 6.01. The first-order valence-electron chi connectivity index (χ1n) is 9.52. The maximum absolute atomic E-state index is 12.7. The molecule has 6 heteroatoms. The average molecular weight is 368 g/mol. The Morgan fingerprint density at radius 2 is 1.70 bits per heavy atom. The molecule has 27 heavy (non-hydrogen) atoms. The van der Waals surface area contributed by atoms with Crippen LogP contribution < -0.4 is 5.32 Å². The normalized spacial score (nSPS) is 28.2. The molecule has 3 aliphatic carbocycles. The van der Waals surface area contributed by atoms with Crippen molar-refractivity contribution in [3.8, 4) is 0 Å². The molecule has 0 aromatic heterocycles. The van der Waals surface area contributed by atoms with Gasteiger partial charge in [0.05, 0.1) is 11.8 Å². The number of nitrogens with zero attached hydrogens (tertiary/aromatic N) is 1. The van der Waals surface area contributed by atoms with Crippen molar-refractivity contribution in [3.05, 3.63) is 42.0 Å². The van der Waals surface area contributed by atoms with Gasteiger partial charge in [-0.3, -0.25) is 14.4 Å². The summed E-state index contributed by atoms with van der Waals surface area (Å²) in [7, 11) is 0. The number of carboxylic acid groups (broad SMARTS) is 1. The highest BCUT2D eigenvalue weighted by atomic mass is 16.4. The molecule has 1 aromatic rings. The molecule has 0 aliphatic heterocycles. The number of benzene rings is 1. The topological polar surface area (TPSA) is 86.7 Å². The number of anilines is 1. The van der Waals surface area contributed by atoms with Gasteiger partial charge in [-0.15, -0.1) is 0 Å². The minimum atomic E-state index is -0.897. The average Bonchev–Trinajstić information content (AvgIpc) is 3.25. The first kappa shape index (κ1) is 17.8. The first-order valence-corrected chi connectivity index (χ1v) is 9.52. The summed E-state index contributed by atoms with van der Waals surface area (Å²) in [4.78, 5) is 37.9. The van der Waals surface area contributed by atoms with Crippen molar-refractivity contribution in [2.75, 3.05) is 5.32 Å². The molecule has 2 saturated carbocycles. The van der Waals surface area contributed by atoms with Gasteiger partial charge in [-0.1, -0.05) is 24.3 Å². The zero-order chi connectivity index (χ0) is 19.1. The first-order chi connectivity index (χ1) is 12.9. The SMILES string of the molecule is CC(=O)N(Cc1ccc(NC(=O)C2C3C=CC(C3)C2C(=O)O)cc1)C1CC1. The Balaban J connectivity index is 1.41. The Hall–Kier alpha value is -2.63. The predicted octanol–water partition coefficient (Wildman–Crippen LogP) is 2.66. The lowest BCUT2D eigenvalue weighted by Crippen LogP contribution is -2.36. The summed E-state index contributed by atoms with van der Waals surface area (Å²) in [5.41, 5.74) is 1.67. The standard InChI is InChI=1S/C21H24N2O4/c1-12(24)23(17-8-9-17)11-13-2-6-16(7-3-13)22-20(25)18-14-4-5-15(10-14)19(18)21(26)27/h2-7,14-15,17-19H,8-11H2,1H3,(H,22,25)(H,26,27). The van der Waals surface area contributed by atoms with E-state index in [0.717, 1.165) is 24.8 Å². The van der Waals surface area contributed by atoms with E-state index in [9.17, 15) is 19.5 Å². The summed E-state index contributed by atoms with van der Waals surface area (Å²) < 4.78 is 0. The van der Waals surface area contributed by atoms with E-state index < -0.39 is 17.8 Å².